The van der Waals surface area contributed by atoms with E-state index in [0.29, 0.717) is 6.42 Å². The van der Waals surface area contributed by atoms with Crippen LogP contribution in [0, 0.1) is 0 Å². The highest BCUT2D eigenvalue weighted by Gasteiger charge is 2.41. The minimum atomic E-state index is -3.69. The van der Waals surface area contributed by atoms with Crippen LogP contribution in [0.3, 0.4) is 0 Å². The predicted molar refractivity (Wildman–Crippen MR) is 48.6 cm³/mol. The Morgan fingerprint density at radius 3 is 2.50 bits per heavy atom. The van der Waals surface area contributed by atoms with Crippen LogP contribution < -0.4 is 11.5 Å². The van der Waals surface area contributed by atoms with Crippen LogP contribution in [0.4, 0.5) is 0 Å². The lowest BCUT2D eigenvalue weighted by molar-refractivity contribution is 0.0508. The van der Waals surface area contributed by atoms with Gasteiger partial charge < -0.3 is 21.3 Å². The van der Waals surface area contributed by atoms with Gasteiger partial charge in [-0.3, -0.25) is 4.52 Å². The second-order valence-electron chi connectivity index (χ2n) is 3.04. The molecule has 2 atom stereocenters. The standard InChI is InChI=1S/C5H13N2O3PS/c6-4-2-1-3-5(4,7)10-11(8,9)12/h4H,1-3,6-7H2,(H2,8,9,12)/t4?,5-/m0/s1. The van der Waals surface area contributed by atoms with Crippen LogP contribution in [0.1, 0.15) is 19.3 Å². The van der Waals surface area contributed by atoms with Crippen molar-refractivity contribution in [2.75, 3.05) is 0 Å². The van der Waals surface area contributed by atoms with E-state index >= 15 is 0 Å². The van der Waals surface area contributed by atoms with Gasteiger partial charge in [-0.15, -0.1) is 0 Å². The summed E-state index contributed by atoms with van der Waals surface area (Å²) in [5, 5.41) is 0. The van der Waals surface area contributed by atoms with Gasteiger partial charge >= 0.3 is 6.72 Å². The summed E-state index contributed by atoms with van der Waals surface area (Å²) in [6.45, 7) is -3.69. The maximum Gasteiger partial charge on any atom is 0.323 e. The molecule has 0 radical (unpaired) electrons. The molecule has 0 heterocycles. The van der Waals surface area contributed by atoms with Crippen LogP contribution in [0.2, 0.25) is 0 Å². The Hall–Kier alpha value is 0.450. The summed E-state index contributed by atoms with van der Waals surface area (Å²) in [7, 11) is 0. The van der Waals surface area contributed by atoms with Crippen molar-refractivity contribution in [2.24, 2.45) is 11.5 Å². The van der Waals surface area contributed by atoms with Gasteiger partial charge in [0, 0.05) is 6.04 Å². The van der Waals surface area contributed by atoms with Gasteiger partial charge in [0.2, 0.25) is 0 Å². The third kappa shape index (κ3) is 2.47. The van der Waals surface area contributed by atoms with Crippen molar-refractivity contribution >= 4 is 18.5 Å². The molecule has 0 aromatic carbocycles. The number of hydrogen-bond donors (Lipinski definition) is 4. The first-order chi connectivity index (χ1) is 5.33. The molecule has 0 aromatic heterocycles. The van der Waals surface area contributed by atoms with E-state index in [-0.39, 0.29) is 6.04 Å². The SMILES string of the molecule is NC1CCC[C@]1(N)OP(O)(O)=S. The molecule has 5 nitrogen and oxygen atoms in total. The van der Waals surface area contributed by atoms with Crippen molar-refractivity contribution in [3.8, 4) is 0 Å². The summed E-state index contributed by atoms with van der Waals surface area (Å²) in [4.78, 5) is 17.8. The maximum absolute atomic E-state index is 8.88. The highest BCUT2D eigenvalue weighted by molar-refractivity contribution is 8.06. The molecule has 7 heteroatoms. The van der Waals surface area contributed by atoms with Gasteiger partial charge in [0.15, 0.2) is 0 Å². The van der Waals surface area contributed by atoms with Crippen molar-refractivity contribution < 1.29 is 14.3 Å². The van der Waals surface area contributed by atoms with E-state index in [9.17, 15) is 0 Å². The van der Waals surface area contributed by atoms with Crippen LogP contribution in [-0.4, -0.2) is 21.6 Å². The number of nitrogens with two attached hydrogens (primary N) is 2. The topological polar surface area (TPSA) is 102 Å². The van der Waals surface area contributed by atoms with Crippen molar-refractivity contribution in [3.05, 3.63) is 0 Å². The molecule has 1 aliphatic rings. The molecule has 0 spiro atoms. The molecule has 1 aliphatic carbocycles. The summed E-state index contributed by atoms with van der Waals surface area (Å²) < 4.78 is 4.79. The molecule has 1 unspecified atom stereocenters. The van der Waals surface area contributed by atoms with Gasteiger partial charge in [0.05, 0.1) is 0 Å². The minimum Gasteiger partial charge on any atom is -0.324 e. The molecule has 0 saturated heterocycles. The van der Waals surface area contributed by atoms with E-state index in [0.717, 1.165) is 12.8 Å². The molecule has 1 saturated carbocycles. The lowest BCUT2D eigenvalue weighted by Crippen LogP contribution is -2.52. The molecule has 72 valence electrons. The molecule has 0 aliphatic heterocycles. The lowest BCUT2D eigenvalue weighted by Gasteiger charge is -2.30. The fourth-order valence-corrected chi connectivity index (χ4v) is 2.45. The van der Waals surface area contributed by atoms with E-state index in [1.54, 1.807) is 0 Å². The smallest absolute Gasteiger partial charge is 0.323 e. The normalized spacial score (nSPS) is 37.2. The van der Waals surface area contributed by atoms with Gasteiger partial charge in [0.1, 0.15) is 5.72 Å². The fraction of sp³-hybridized carbons (Fsp3) is 1.00. The highest BCUT2D eigenvalue weighted by atomic mass is 32.5. The van der Waals surface area contributed by atoms with Gasteiger partial charge in [-0.1, -0.05) is 0 Å². The Balaban J connectivity index is 2.66. The second kappa shape index (κ2) is 3.31. The third-order valence-corrected chi connectivity index (χ3v) is 2.80. The number of hydrogen-bond acceptors (Lipinski definition) is 4. The summed E-state index contributed by atoms with van der Waals surface area (Å²) in [6.07, 6.45) is 2.08. The number of rotatable bonds is 2. The van der Waals surface area contributed by atoms with E-state index in [4.69, 9.17) is 25.8 Å². The Morgan fingerprint density at radius 2 is 2.17 bits per heavy atom. The summed E-state index contributed by atoms with van der Waals surface area (Å²) in [5.74, 6) is 0. The first-order valence-corrected chi connectivity index (χ1v) is 6.27. The zero-order chi connectivity index (χ0) is 9.41. The van der Waals surface area contributed by atoms with Crippen LogP contribution >= 0.6 is 6.72 Å². The zero-order valence-corrected chi connectivity index (χ0v) is 8.22. The molecule has 0 amide bonds. The van der Waals surface area contributed by atoms with Crippen LogP contribution in [-0.2, 0) is 16.3 Å². The van der Waals surface area contributed by atoms with Gasteiger partial charge in [-0.05, 0) is 31.1 Å². The Morgan fingerprint density at radius 1 is 1.58 bits per heavy atom. The second-order valence-corrected chi connectivity index (χ2v) is 5.63. The van der Waals surface area contributed by atoms with E-state index in [1.165, 1.54) is 0 Å². The zero-order valence-electron chi connectivity index (χ0n) is 6.51. The van der Waals surface area contributed by atoms with Crippen LogP contribution in [0.5, 0.6) is 0 Å². The Kier molecular flexibility index (Phi) is 2.90. The maximum atomic E-state index is 8.88. The van der Waals surface area contributed by atoms with Gasteiger partial charge in [0.25, 0.3) is 0 Å². The molecular weight excluding hydrogens is 199 g/mol. The van der Waals surface area contributed by atoms with Crippen molar-refractivity contribution in [2.45, 2.75) is 31.0 Å². The van der Waals surface area contributed by atoms with Crippen molar-refractivity contribution in [3.63, 3.8) is 0 Å². The van der Waals surface area contributed by atoms with Gasteiger partial charge in [-0.25, -0.2) is 0 Å². The largest absolute Gasteiger partial charge is 0.324 e. The molecule has 0 bridgehead atoms. The molecule has 12 heavy (non-hydrogen) atoms. The lowest BCUT2D eigenvalue weighted by atomic mass is 10.1. The minimum absolute atomic E-state index is 0.362. The Bertz CT molecular complexity index is 221. The first kappa shape index (κ1) is 10.5. The predicted octanol–water partition coefficient (Wildman–Crippen LogP) is -0.622. The Labute approximate surface area is 76.0 Å². The monoisotopic (exact) mass is 212 g/mol. The molecule has 0 aromatic rings. The van der Waals surface area contributed by atoms with Crippen molar-refractivity contribution in [1.82, 2.24) is 0 Å². The molecule has 1 rings (SSSR count). The summed E-state index contributed by atoms with van der Waals surface area (Å²) in [6, 6.07) is -0.362. The summed E-state index contributed by atoms with van der Waals surface area (Å²) >= 11 is 4.31. The fourth-order valence-electron chi connectivity index (χ4n) is 1.36. The van der Waals surface area contributed by atoms with Crippen molar-refractivity contribution in [1.29, 1.82) is 0 Å². The summed E-state index contributed by atoms with van der Waals surface area (Å²) in [5.41, 5.74) is 10.2. The van der Waals surface area contributed by atoms with E-state index < -0.39 is 12.4 Å². The van der Waals surface area contributed by atoms with E-state index in [2.05, 4.69) is 11.8 Å². The van der Waals surface area contributed by atoms with Crippen LogP contribution in [0.15, 0.2) is 0 Å². The third-order valence-electron chi connectivity index (χ3n) is 2.00. The average molecular weight is 212 g/mol. The average Bonchev–Trinajstić information content (AvgIpc) is 2.08. The molecular formula is C5H13N2O3PS. The quantitative estimate of drug-likeness (QED) is 0.359. The van der Waals surface area contributed by atoms with Crippen LogP contribution in [0.25, 0.3) is 0 Å². The molecule has 1 fully saturated rings. The van der Waals surface area contributed by atoms with Gasteiger partial charge in [-0.2, -0.15) is 0 Å². The molecule has 6 N–H and O–H groups in total. The van der Waals surface area contributed by atoms with E-state index in [1.807, 2.05) is 0 Å². The highest BCUT2D eigenvalue weighted by Crippen LogP contribution is 2.44. The first-order valence-electron chi connectivity index (χ1n) is 3.64.